The summed E-state index contributed by atoms with van der Waals surface area (Å²) < 4.78 is 1.05. The lowest BCUT2D eigenvalue weighted by molar-refractivity contribution is -0.112. The number of pyridine rings is 1. The van der Waals surface area contributed by atoms with Crippen LogP contribution in [0.15, 0.2) is 30.1 Å². The smallest absolute Gasteiger partial charge is 0.251 e. The van der Waals surface area contributed by atoms with Crippen molar-refractivity contribution >= 4 is 34.3 Å². The number of allylic oxidation sites excluding steroid dienone is 1. The van der Waals surface area contributed by atoms with Crippen LogP contribution in [0.5, 0.6) is 0 Å². The molecule has 1 aliphatic rings. The molecule has 1 fully saturated rings. The number of carbonyl (C=O) groups excluding carboxylic acids is 1. The zero-order valence-corrected chi connectivity index (χ0v) is 12.5. The molecular weight excluding hydrogens is 341 g/mol. The largest absolute Gasteiger partial charge is 0.375 e. The average molecular weight is 357 g/mol. The summed E-state index contributed by atoms with van der Waals surface area (Å²) in [7, 11) is 0. The van der Waals surface area contributed by atoms with Crippen LogP contribution in [0.3, 0.4) is 0 Å². The van der Waals surface area contributed by atoms with Crippen molar-refractivity contribution in [1.29, 1.82) is 0 Å². The number of hydrogen-bond acceptors (Lipinski definition) is 3. The molecule has 1 aromatic heterocycles. The molecule has 1 amide bonds. The van der Waals surface area contributed by atoms with Crippen molar-refractivity contribution in [2.75, 3.05) is 18.4 Å². The van der Waals surface area contributed by atoms with Crippen LogP contribution in [-0.4, -0.2) is 28.9 Å². The lowest BCUT2D eigenvalue weighted by Crippen LogP contribution is -2.19. The van der Waals surface area contributed by atoms with Gasteiger partial charge in [0, 0.05) is 34.6 Å². The summed E-state index contributed by atoms with van der Waals surface area (Å²) in [6.45, 7) is 4.08. The molecule has 1 aromatic rings. The van der Waals surface area contributed by atoms with Crippen molar-refractivity contribution in [3.8, 4) is 0 Å². The van der Waals surface area contributed by atoms with Crippen molar-refractivity contribution in [3.63, 3.8) is 0 Å². The van der Waals surface area contributed by atoms with Crippen LogP contribution in [-0.2, 0) is 4.79 Å². The van der Waals surface area contributed by atoms with E-state index in [2.05, 4.69) is 37.8 Å². The van der Waals surface area contributed by atoms with E-state index in [1.165, 1.54) is 12.8 Å². The SMILES string of the molecule is CC(=CC(=O)Nc1ccc(I)cn1)N1CCCC1. The molecule has 0 bridgehead atoms. The Morgan fingerprint density at radius 2 is 2.17 bits per heavy atom. The molecule has 1 aliphatic heterocycles. The van der Waals surface area contributed by atoms with Crippen molar-refractivity contribution in [2.45, 2.75) is 19.8 Å². The van der Waals surface area contributed by atoms with Gasteiger partial charge in [-0.25, -0.2) is 4.98 Å². The van der Waals surface area contributed by atoms with Gasteiger partial charge in [-0.05, 0) is 54.5 Å². The fourth-order valence-electron chi connectivity index (χ4n) is 1.96. The Labute approximate surface area is 121 Å². The molecular formula is C13H16IN3O. The Morgan fingerprint density at radius 3 is 2.78 bits per heavy atom. The third-order valence-corrected chi connectivity index (χ3v) is 3.56. The first kappa shape index (κ1) is 13.3. The zero-order chi connectivity index (χ0) is 13.0. The number of anilines is 1. The van der Waals surface area contributed by atoms with Gasteiger partial charge in [0.1, 0.15) is 5.82 Å². The lowest BCUT2D eigenvalue weighted by atomic mass is 10.3. The summed E-state index contributed by atoms with van der Waals surface area (Å²) in [6, 6.07) is 3.72. The Morgan fingerprint density at radius 1 is 1.44 bits per heavy atom. The number of likely N-dealkylation sites (tertiary alicyclic amines) is 1. The van der Waals surface area contributed by atoms with E-state index in [1.54, 1.807) is 18.3 Å². The van der Waals surface area contributed by atoms with Crippen LogP contribution in [0, 0.1) is 3.57 Å². The molecule has 96 valence electrons. The third-order valence-electron chi connectivity index (χ3n) is 2.92. The maximum atomic E-state index is 11.8. The summed E-state index contributed by atoms with van der Waals surface area (Å²) in [4.78, 5) is 18.2. The van der Waals surface area contributed by atoms with E-state index in [4.69, 9.17) is 0 Å². The number of nitrogens with zero attached hydrogens (tertiary/aromatic N) is 2. The van der Waals surface area contributed by atoms with Gasteiger partial charge in [-0.3, -0.25) is 4.79 Å². The molecule has 2 rings (SSSR count). The molecule has 0 aliphatic carbocycles. The monoisotopic (exact) mass is 357 g/mol. The maximum Gasteiger partial charge on any atom is 0.251 e. The first-order valence-electron chi connectivity index (χ1n) is 6.01. The van der Waals surface area contributed by atoms with Crippen LogP contribution in [0.25, 0.3) is 0 Å². The van der Waals surface area contributed by atoms with Crippen molar-refractivity contribution in [2.24, 2.45) is 0 Å². The standard InChI is InChI=1S/C13H16IN3O/c1-10(17-6-2-3-7-17)8-13(18)16-12-5-4-11(14)9-15-12/h4-5,8-9H,2-3,6-7H2,1H3,(H,15,16,18). The molecule has 0 unspecified atom stereocenters. The molecule has 0 aromatic carbocycles. The van der Waals surface area contributed by atoms with Gasteiger partial charge in [0.15, 0.2) is 0 Å². The van der Waals surface area contributed by atoms with Crippen molar-refractivity contribution in [3.05, 3.63) is 33.7 Å². The molecule has 0 radical (unpaired) electrons. The van der Waals surface area contributed by atoms with Gasteiger partial charge >= 0.3 is 0 Å². The maximum absolute atomic E-state index is 11.8. The molecule has 0 atom stereocenters. The van der Waals surface area contributed by atoms with Crippen molar-refractivity contribution < 1.29 is 4.79 Å². The predicted octanol–water partition coefficient (Wildman–Crippen LogP) is 2.62. The second-order valence-electron chi connectivity index (χ2n) is 4.33. The minimum absolute atomic E-state index is 0.117. The molecule has 0 spiro atoms. The molecule has 0 saturated carbocycles. The molecule has 1 saturated heterocycles. The van der Waals surface area contributed by atoms with Crippen LogP contribution >= 0.6 is 22.6 Å². The number of rotatable bonds is 3. The molecule has 4 nitrogen and oxygen atoms in total. The summed E-state index contributed by atoms with van der Waals surface area (Å²) in [5.74, 6) is 0.471. The highest BCUT2D eigenvalue weighted by Gasteiger charge is 2.12. The van der Waals surface area contributed by atoms with E-state index in [-0.39, 0.29) is 5.91 Å². The van der Waals surface area contributed by atoms with Gasteiger partial charge < -0.3 is 10.2 Å². The summed E-state index contributed by atoms with van der Waals surface area (Å²) in [5.41, 5.74) is 1.02. The zero-order valence-electron chi connectivity index (χ0n) is 10.3. The highest BCUT2D eigenvalue weighted by molar-refractivity contribution is 14.1. The normalized spacial score (nSPS) is 15.9. The van der Waals surface area contributed by atoms with Gasteiger partial charge in [0.25, 0.3) is 5.91 Å². The Hall–Kier alpha value is -1.11. The number of hydrogen-bond donors (Lipinski definition) is 1. The van der Waals surface area contributed by atoms with E-state index in [0.717, 1.165) is 22.4 Å². The number of aromatic nitrogens is 1. The average Bonchev–Trinajstić information content (AvgIpc) is 2.85. The second kappa shape index (κ2) is 6.17. The Kier molecular flexibility index (Phi) is 4.57. The van der Waals surface area contributed by atoms with Crippen LogP contribution < -0.4 is 5.32 Å². The summed E-state index contributed by atoms with van der Waals surface area (Å²) >= 11 is 2.18. The molecule has 18 heavy (non-hydrogen) atoms. The van der Waals surface area contributed by atoms with Gasteiger partial charge in [0.2, 0.25) is 0 Å². The van der Waals surface area contributed by atoms with Gasteiger partial charge in [-0.15, -0.1) is 0 Å². The Balaban J connectivity index is 1.95. The number of nitrogens with one attached hydrogen (secondary N) is 1. The third kappa shape index (κ3) is 3.69. The van der Waals surface area contributed by atoms with Gasteiger partial charge in [-0.2, -0.15) is 0 Å². The van der Waals surface area contributed by atoms with Crippen LogP contribution in [0.4, 0.5) is 5.82 Å². The molecule has 2 heterocycles. The topological polar surface area (TPSA) is 45.2 Å². The van der Waals surface area contributed by atoms with E-state index < -0.39 is 0 Å². The Bertz CT molecular complexity index is 450. The first-order valence-corrected chi connectivity index (χ1v) is 7.09. The predicted molar refractivity (Wildman–Crippen MR) is 80.1 cm³/mol. The van der Waals surface area contributed by atoms with Gasteiger partial charge in [0.05, 0.1) is 0 Å². The van der Waals surface area contributed by atoms with E-state index in [9.17, 15) is 4.79 Å². The summed E-state index contributed by atoms with van der Waals surface area (Å²) in [6.07, 6.45) is 5.80. The minimum Gasteiger partial charge on any atom is -0.375 e. The fraction of sp³-hybridized carbons (Fsp3) is 0.385. The molecule has 5 heteroatoms. The minimum atomic E-state index is -0.117. The van der Waals surface area contributed by atoms with E-state index in [1.807, 2.05) is 13.0 Å². The number of carbonyl (C=O) groups is 1. The highest BCUT2D eigenvalue weighted by atomic mass is 127. The molecule has 1 N–H and O–H groups in total. The number of halogens is 1. The highest BCUT2D eigenvalue weighted by Crippen LogP contribution is 2.14. The quantitative estimate of drug-likeness (QED) is 0.668. The van der Waals surface area contributed by atoms with Gasteiger partial charge in [-0.1, -0.05) is 0 Å². The first-order chi connectivity index (χ1) is 8.65. The second-order valence-corrected chi connectivity index (χ2v) is 5.58. The van der Waals surface area contributed by atoms with Crippen LogP contribution in [0.1, 0.15) is 19.8 Å². The lowest BCUT2D eigenvalue weighted by Gasteiger charge is -2.17. The van der Waals surface area contributed by atoms with Crippen LogP contribution in [0.2, 0.25) is 0 Å². The van der Waals surface area contributed by atoms with E-state index >= 15 is 0 Å². The fourth-order valence-corrected chi connectivity index (χ4v) is 2.28. The van der Waals surface area contributed by atoms with Crippen molar-refractivity contribution in [1.82, 2.24) is 9.88 Å². The number of amides is 1. The van der Waals surface area contributed by atoms with E-state index in [0.29, 0.717) is 5.82 Å². The summed E-state index contributed by atoms with van der Waals surface area (Å²) in [5, 5.41) is 2.77.